The molecule has 0 spiro atoms. The molecule has 192 valence electrons. The average Bonchev–Trinajstić information content (AvgIpc) is 2.93. The quantitative estimate of drug-likeness (QED) is 0.287. The van der Waals surface area contributed by atoms with E-state index in [4.69, 9.17) is 0 Å². The highest BCUT2D eigenvalue weighted by atomic mass is 19.1. The number of halogens is 1. The fourth-order valence-corrected chi connectivity index (χ4v) is 4.69. The summed E-state index contributed by atoms with van der Waals surface area (Å²) in [6, 6.07) is 28.8. The number of amides is 3. The predicted octanol–water partition coefficient (Wildman–Crippen LogP) is 6.00. The Balaban J connectivity index is 1.35. The van der Waals surface area contributed by atoms with Crippen LogP contribution in [0.25, 0.3) is 0 Å². The number of nitrogens with one attached hydrogen (secondary N) is 3. The van der Waals surface area contributed by atoms with Crippen molar-refractivity contribution in [2.24, 2.45) is 0 Å². The molecular weight excluding hydrogens is 479 g/mol. The van der Waals surface area contributed by atoms with Crippen LogP contribution in [-0.4, -0.2) is 25.0 Å². The Kier molecular flexibility index (Phi) is 7.64. The van der Waals surface area contributed by atoms with Gasteiger partial charge in [0.15, 0.2) is 0 Å². The lowest BCUT2D eigenvalue weighted by Crippen LogP contribution is -2.33. The molecule has 4 aromatic carbocycles. The van der Waals surface area contributed by atoms with Crippen molar-refractivity contribution in [3.05, 3.63) is 125 Å². The molecule has 0 saturated carbocycles. The largest absolute Gasteiger partial charge is 0.366 e. The molecule has 3 N–H and O–H groups in total. The van der Waals surface area contributed by atoms with Crippen molar-refractivity contribution in [3.63, 3.8) is 0 Å². The molecule has 6 nitrogen and oxygen atoms in total. The zero-order valence-electron chi connectivity index (χ0n) is 20.9. The van der Waals surface area contributed by atoms with Crippen LogP contribution < -0.4 is 20.9 Å². The molecule has 0 radical (unpaired) electrons. The minimum absolute atomic E-state index is 0.205. The summed E-state index contributed by atoms with van der Waals surface area (Å²) in [5.74, 6) is -0.645. The van der Waals surface area contributed by atoms with E-state index < -0.39 is 11.8 Å². The van der Waals surface area contributed by atoms with E-state index >= 15 is 0 Å². The van der Waals surface area contributed by atoms with E-state index in [0.29, 0.717) is 36.4 Å². The number of hydrogen-bond acceptors (Lipinski definition) is 3. The SMILES string of the molecule is O=C(Nc1cccc(F)c1)Nc1ccc(N2CCc3ccccc3C2)c(C(=O)NCCc2ccccc2)c1. The Hall–Kier alpha value is -4.65. The number of anilines is 3. The van der Waals surface area contributed by atoms with Crippen molar-refractivity contribution in [1.82, 2.24) is 5.32 Å². The van der Waals surface area contributed by atoms with E-state index in [2.05, 4.69) is 39.0 Å². The van der Waals surface area contributed by atoms with Gasteiger partial charge in [0.05, 0.1) is 5.56 Å². The number of carbonyl (C=O) groups excluding carboxylic acids is 2. The lowest BCUT2D eigenvalue weighted by atomic mass is 9.98. The number of fused-ring (bicyclic) bond motifs is 1. The van der Waals surface area contributed by atoms with Gasteiger partial charge in [-0.25, -0.2) is 9.18 Å². The first-order valence-corrected chi connectivity index (χ1v) is 12.7. The van der Waals surface area contributed by atoms with Crippen LogP contribution in [0, 0.1) is 5.82 Å². The zero-order chi connectivity index (χ0) is 26.3. The molecule has 38 heavy (non-hydrogen) atoms. The fraction of sp³-hybridized carbons (Fsp3) is 0.161. The smallest absolute Gasteiger partial charge is 0.323 e. The maximum absolute atomic E-state index is 13.5. The maximum Gasteiger partial charge on any atom is 0.323 e. The monoisotopic (exact) mass is 508 g/mol. The molecule has 0 fully saturated rings. The highest BCUT2D eigenvalue weighted by Gasteiger charge is 2.22. The van der Waals surface area contributed by atoms with E-state index in [1.165, 1.54) is 29.3 Å². The zero-order valence-corrected chi connectivity index (χ0v) is 20.9. The van der Waals surface area contributed by atoms with Gasteiger partial charge < -0.3 is 20.9 Å². The molecule has 0 aromatic heterocycles. The number of nitrogens with zero attached hydrogens (tertiary/aromatic N) is 1. The van der Waals surface area contributed by atoms with Crippen LogP contribution in [-0.2, 0) is 19.4 Å². The first-order chi connectivity index (χ1) is 18.5. The molecular formula is C31H29FN4O2. The Labute approximate surface area is 221 Å². The number of carbonyl (C=O) groups is 2. The van der Waals surface area contributed by atoms with Gasteiger partial charge in [-0.05, 0) is 65.9 Å². The van der Waals surface area contributed by atoms with Gasteiger partial charge in [0, 0.05) is 36.7 Å². The summed E-state index contributed by atoms with van der Waals surface area (Å²) in [4.78, 5) is 28.2. The van der Waals surface area contributed by atoms with Crippen molar-refractivity contribution >= 4 is 29.0 Å². The van der Waals surface area contributed by atoms with E-state index in [-0.39, 0.29) is 5.91 Å². The van der Waals surface area contributed by atoms with E-state index in [1.807, 2.05) is 42.5 Å². The van der Waals surface area contributed by atoms with Crippen molar-refractivity contribution in [2.75, 3.05) is 28.6 Å². The van der Waals surface area contributed by atoms with Crippen molar-refractivity contribution in [1.29, 1.82) is 0 Å². The Morgan fingerprint density at radius 3 is 2.32 bits per heavy atom. The van der Waals surface area contributed by atoms with Crippen molar-refractivity contribution in [2.45, 2.75) is 19.4 Å². The van der Waals surface area contributed by atoms with Crippen molar-refractivity contribution in [3.8, 4) is 0 Å². The Morgan fingerprint density at radius 2 is 1.53 bits per heavy atom. The van der Waals surface area contributed by atoms with Gasteiger partial charge in [-0.1, -0.05) is 60.7 Å². The van der Waals surface area contributed by atoms with Gasteiger partial charge in [-0.2, -0.15) is 0 Å². The average molecular weight is 509 g/mol. The number of rotatable bonds is 7. The molecule has 1 heterocycles. The molecule has 0 bridgehead atoms. The van der Waals surface area contributed by atoms with Crippen LogP contribution in [0.3, 0.4) is 0 Å². The predicted molar refractivity (Wildman–Crippen MR) is 149 cm³/mol. The number of hydrogen-bond donors (Lipinski definition) is 3. The highest BCUT2D eigenvalue weighted by Crippen LogP contribution is 2.30. The fourth-order valence-electron chi connectivity index (χ4n) is 4.69. The molecule has 0 atom stereocenters. The first kappa shape index (κ1) is 25.0. The lowest BCUT2D eigenvalue weighted by Gasteiger charge is -2.32. The minimum atomic E-state index is -0.523. The molecule has 7 heteroatoms. The van der Waals surface area contributed by atoms with Crippen LogP contribution in [0.4, 0.5) is 26.2 Å². The summed E-state index contributed by atoms with van der Waals surface area (Å²) in [6.07, 6.45) is 1.61. The van der Waals surface area contributed by atoms with Gasteiger partial charge in [-0.3, -0.25) is 4.79 Å². The molecule has 4 aromatic rings. The van der Waals surface area contributed by atoms with Gasteiger partial charge >= 0.3 is 6.03 Å². The second-order valence-electron chi connectivity index (χ2n) is 9.25. The van der Waals surface area contributed by atoms with Crippen LogP contribution >= 0.6 is 0 Å². The molecule has 5 rings (SSSR count). The molecule has 0 saturated heterocycles. The molecule has 1 aliphatic rings. The first-order valence-electron chi connectivity index (χ1n) is 12.7. The van der Waals surface area contributed by atoms with Gasteiger partial charge in [0.2, 0.25) is 0 Å². The summed E-state index contributed by atoms with van der Waals surface area (Å²) in [7, 11) is 0. The normalized spacial score (nSPS) is 12.4. The van der Waals surface area contributed by atoms with Crippen LogP contribution in [0.15, 0.2) is 97.1 Å². The van der Waals surface area contributed by atoms with Gasteiger partial charge in [-0.15, -0.1) is 0 Å². The van der Waals surface area contributed by atoms with Crippen LogP contribution in [0.1, 0.15) is 27.0 Å². The maximum atomic E-state index is 13.5. The third kappa shape index (κ3) is 6.18. The molecule has 3 amide bonds. The van der Waals surface area contributed by atoms with Crippen molar-refractivity contribution < 1.29 is 14.0 Å². The minimum Gasteiger partial charge on any atom is -0.366 e. The number of urea groups is 1. The number of benzene rings is 4. The van der Waals surface area contributed by atoms with E-state index in [1.54, 1.807) is 18.2 Å². The van der Waals surface area contributed by atoms with Gasteiger partial charge in [0.1, 0.15) is 5.82 Å². The third-order valence-electron chi connectivity index (χ3n) is 6.59. The summed E-state index contributed by atoms with van der Waals surface area (Å²) >= 11 is 0. The third-order valence-corrected chi connectivity index (χ3v) is 6.59. The molecule has 1 aliphatic heterocycles. The summed E-state index contributed by atoms with van der Waals surface area (Å²) in [5, 5.41) is 8.42. The highest BCUT2D eigenvalue weighted by molar-refractivity contribution is 6.04. The standard InChI is InChI=1S/C31H29FN4O2/c32-25-11-6-12-26(19-25)34-31(38)35-27-13-14-29(36-18-16-23-9-4-5-10-24(23)21-36)28(20-27)30(37)33-17-15-22-7-2-1-3-8-22/h1-14,19-20H,15-18,21H2,(H,33,37)(H2,34,35,38). The Morgan fingerprint density at radius 1 is 0.789 bits per heavy atom. The van der Waals surface area contributed by atoms with Crippen LogP contribution in [0.2, 0.25) is 0 Å². The molecule has 0 unspecified atom stereocenters. The second kappa shape index (κ2) is 11.6. The lowest BCUT2D eigenvalue weighted by molar-refractivity contribution is 0.0954. The van der Waals surface area contributed by atoms with Crippen LogP contribution in [0.5, 0.6) is 0 Å². The summed E-state index contributed by atoms with van der Waals surface area (Å²) in [5.41, 5.74) is 5.81. The van der Waals surface area contributed by atoms with Gasteiger partial charge in [0.25, 0.3) is 5.91 Å². The second-order valence-corrected chi connectivity index (χ2v) is 9.25. The topological polar surface area (TPSA) is 73.5 Å². The summed E-state index contributed by atoms with van der Waals surface area (Å²) in [6.45, 7) is 1.98. The summed E-state index contributed by atoms with van der Waals surface area (Å²) < 4.78 is 13.5. The van der Waals surface area contributed by atoms with E-state index in [0.717, 1.165) is 24.2 Å². The Bertz CT molecular complexity index is 1440. The molecule has 0 aliphatic carbocycles. The van der Waals surface area contributed by atoms with E-state index in [9.17, 15) is 14.0 Å².